The van der Waals surface area contributed by atoms with Crippen LogP contribution in [0.15, 0.2) is 24.3 Å². The highest BCUT2D eigenvalue weighted by molar-refractivity contribution is 9.08. The van der Waals surface area contributed by atoms with Crippen LogP contribution in [0.1, 0.15) is 52.7 Å². The molecule has 0 bridgehead atoms. The molecule has 150 valence electrons. The van der Waals surface area contributed by atoms with Gasteiger partial charge in [-0.25, -0.2) is 4.79 Å². The van der Waals surface area contributed by atoms with Crippen LogP contribution in [-0.2, 0) is 21.3 Å². The van der Waals surface area contributed by atoms with Gasteiger partial charge in [-0.05, 0) is 31.9 Å². The Morgan fingerprint density at radius 1 is 1.11 bits per heavy atom. The fourth-order valence-corrected chi connectivity index (χ4v) is 4.20. The van der Waals surface area contributed by atoms with Crippen molar-refractivity contribution in [2.75, 3.05) is 7.05 Å². The summed E-state index contributed by atoms with van der Waals surface area (Å²) in [5, 5.41) is 0.703. The van der Waals surface area contributed by atoms with Crippen molar-refractivity contribution in [3.8, 4) is 0 Å². The standard InChI is InChI=1S/C21H31BrN2O3/c1-20(2,3)18-23(7)17(25)16(24(18)19(26)27-21(4,5)6)12-14-10-8-9-11-15(14)13-22/h8-11,16,18H,12-13H2,1-7H3/t16-,18-/m0/s1. The van der Waals surface area contributed by atoms with E-state index in [0.717, 1.165) is 11.1 Å². The highest BCUT2D eigenvalue weighted by Gasteiger charge is 2.52. The minimum atomic E-state index is -0.623. The fourth-order valence-electron chi connectivity index (χ4n) is 3.65. The van der Waals surface area contributed by atoms with Crippen LogP contribution in [0.5, 0.6) is 0 Å². The first kappa shape index (κ1) is 21.7. The number of amides is 2. The van der Waals surface area contributed by atoms with Gasteiger partial charge in [-0.1, -0.05) is 61.0 Å². The molecule has 0 aromatic heterocycles. The van der Waals surface area contributed by atoms with E-state index >= 15 is 0 Å². The van der Waals surface area contributed by atoms with Crippen molar-refractivity contribution >= 4 is 27.9 Å². The fraction of sp³-hybridized carbons (Fsp3) is 0.619. The predicted molar refractivity (Wildman–Crippen MR) is 111 cm³/mol. The molecule has 1 saturated heterocycles. The molecule has 2 rings (SSSR count). The van der Waals surface area contributed by atoms with E-state index in [2.05, 4.69) is 15.9 Å². The van der Waals surface area contributed by atoms with Crippen molar-refractivity contribution in [2.45, 2.75) is 71.1 Å². The zero-order chi connectivity index (χ0) is 20.6. The first-order valence-corrected chi connectivity index (χ1v) is 10.4. The third-order valence-corrected chi connectivity index (χ3v) is 5.26. The second-order valence-corrected chi connectivity index (χ2v) is 9.76. The molecule has 5 nitrogen and oxygen atoms in total. The highest BCUT2D eigenvalue weighted by Crippen LogP contribution is 2.36. The summed E-state index contributed by atoms with van der Waals surface area (Å²) in [6.07, 6.45) is -0.334. The molecule has 0 aliphatic carbocycles. The monoisotopic (exact) mass is 438 g/mol. The Hall–Kier alpha value is -1.56. The smallest absolute Gasteiger partial charge is 0.412 e. The lowest BCUT2D eigenvalue weighted by atomic mass is 9.91. The van der Waals surface area contributed by atoms with Gasteiger partial charge in [0.2, 0.25) is 5.91 Å². The summed E-state index contributed by atoms with van der Waals surface area (Å²) in [6.45, 7) is 11.6. The Labute approximate surface area is 171 Å². The SMILES string of the molecule is CN1C(=O)[C@H](Cc2ccccc2CBr)N(C(=O)OC(C)(C)C)[C@H]1C(C)(C)C. The number of hydrogen-bond acceptors (Lipinski definition) is 3. The molecule has 6 heteroatoms. The molecule has 0 saturated carbocycles. The van der Waals surface area contributed by atoms with Crippen molar-refractivity contribution in [1.29, 1.82) is 0 Å². The average molecular weight is 439 g/mol. The van der Waals surface area contributed by atoms with Gasteiger partial charge in [-0.2, -0.15) is 0 Å². The summed E-state index contributed by atoms with van der Waals surface area (Å²) in [5.74, 6) is -0.0508. The summed E-state index contributed by atoms with van der Waals surface area (Å²) in [7, 11) is 1.77. The predicted octanol–water partition coefficient (Wildman–Crippen LogP) is 4.57. The molecule has 2 amide bonds. The molecular weight excluding hydrogens is 408 g/mol. The largest absolute Gasteiger partial charge is 0.444 e. The quantitative estimate of drug-likeness (QED) is 0.649. The summed E-state index contributed by atoms with van der Waals surface area (Å²) in [6, 6.07) is 7.42. The van der Waals surface area contributed by atoms with Gasteiger partial charge >= 0.3 is 6.09 Å². The maximum atomic E-state index is 13.1. The van der Waals surface area contributed by atoms with E-state index in [4.69, 9.17) is 4.74 Å². The number of benzene rings is 1. The number of carbonyl (C=O) groups is 2. The number of nitrogens with zero attached hydrogens (tertiary/aromatic N) is 2. The zero-order valence-electron chi connectivity index (χ0n) is 17.4. The Bertz CT molecular complexity index is 706. The maximum absolute atomic E-state index is 13.1. The molecule has 1 aliphatic rings. The van der Waals surface area contributed by atoms with Crippen LogP contribution < -0.4 is 0 Å². The number of rotatable bonds is 3. The lowest BCUT2D eigenvalue weighted by molar-refractivity contribution is -0.129. The van der Waals surface area contributed by atoms with E-state index in [0.29, 0.717) is 11.8 Å². The molecule has 0 N–H and O–H groups in total. The molecule has 1 aromatic carbocycles. The van der Waals surface area contributed by atoms with Gasteiger partial charge in [0, 0.05) is 24.2 Å². The van der Waals surface area contributed by atoms with Crippen LogP contribution in [-0.4, -0.2) is 46.7 Å². The summed E-state index contributed by atoms with van der Waals surface area (Å²) in [4.78, 5) is 29.5. The van der Waals surface area contributed by atoms with E-state index in [1.165, 1.54) is 0 Å². The van der Waals surface area contributed by atoms with Crippen molar-refractivity contribution in [2.24, 2.45) is 5.41 Å². The number of carbonyl (C=O) groups excluding carboxylic acids is 2. The van der Waals surface area contributed by atoms with Crippen LogP contribution >= 0.6 is 15.9 Å². The Morgan fingerprint density at radius 3 is 2.15 bits per heavy atom. The van der Waals surface area contributed by atoms with Crippen molar-refractivity contribution in [3.63, 3.8) is 0 Å². The van der Waals surface area contributed by atoms with Gasteiger partial charge in [0.05, 0.1) is 0 Å². The molecule has 27 heavy (non-hydrogen) atoms. The Morgan fingerprint density at radius 2 is 1.67 bits per heavy atom. The highest BCUT2D eigenvalue weighted by atomic mass is 79.9. The van der Waals surface area contributed by atoms with Crippen LogP contribution in [0, 0.1) is 5.41 Å². The van der Waals surface area contributed by atoms with Gasteiger partial charge in [0.25, 0.3) is 0 Å². The van der Waals surface area contributed by atoms with Crippen LogP contribution in [0.3, 0.4) is 0 Å². The van der Waals surface area contributed by atoms with Gasteiger partial charge in [-0.3, -0.25) is 9.69 Å². The minimum absolute atomic E-state index is 0.0508. The molecule has 2 atom stereocenters. The van der Waals surface area contributed by atoms with Crippen LogP contribution in [0.25, 0.3) is 0 Å². The summed E-state index contributed by atoms with van der Waals surface area (Å²) >= 11 is 3.51. The summed E-state index contributed by atoms with van der Waals surface area (Å²) < 4.78 is 5.67. The average Bonchev–Trinajstić information content (AvgIpc) is 2.78. The molecule has 0 unspecified atom stereocenters. The Balaban J connectivity index is 2.45. The number of hydrogen-bond donors (Lipinski definition) is 0. The number of likely N-dealkylation sites (N-methyl/N-ethyl adjacent to an activating group) is 1. The van der Waals surface area contributed by atoms with Crippen LogP contribution in [0.4, 0.5) is 4.79 Å². The zero-order valence-corrected chi connectivity index (χ0v) is 19.0. The van der Waals surface area contributed by atoms with E-state index in [-0.39, 0.29) is 17.5 Å². The first-order chi connectivity index (χ1) is 12.4. The Kier molecular flexibility index (Phi) is 6.30. The molecular formula is C21H31BrN2O3. The lowest BCUT2D eigenvalue weighted by Crippen LogP contribution is -2.52. The summed E-state index contributed by atoms with van der Waals surface area (Å²) in [5.41, 5.74) is 1.26. The minimum Gasteiger partial charge on any atom is -0.444 e. The molecule has 1 heterocycles. The van der Waals surface area contributed by atoms with E-state index in [9.17, 15) is 9.59 Å². The molecule has 0 radical (unpaired) electrons. The van der Waals surface area contributed by atoms with Crippen molar-refractivity contribution in [1.82, 2.24) is 9.80 Å². The maximum Gasteiger partial charge on any atom is 0.412 e. The number of ether oxygens (including phenoxy) is 1. The van der Waals surface area contributed by atoms with E-state index in [1.807, 2.05) is 65.8 Å². The second-order valence-electron chi connectivity index (χ2n) is 9.20. The molecule has 0 spiro atoms. The third kappa shape index (κ3) is 4.84. The number of halogens is 1. The third-order valence-electron chi connectivity index (χ3n) is 4.65. The van der Waals surface area contributed by atoms with Gasteiger partial charge in [-0.15, -0.1) is 0 Å². The van der Waals surface area contributed by atoms with Crippen LogP contribution in [0.2, 0.25) is 0 Å². The number of alkyl halides is 1. The topological polar surface area (TPSA) is 49.9 Å². The van der Waals surface area contributed by atoms with Crippen molar-refractivity contribution < 1.29 is 14.3 Å². The van der Waals surface area contributed by atoms with Gasteiger partial charge < -0.3 is 9.64 Å². The van der Waals surface area contributed by atoms with Gasteiger partial charge in [0.1, 0.15) is 17.8 Å². The normalized spacial score (nSPS) is 21.0. The molecule has 1 fully saturated rings. The molecule has 1 aromatic rings. The van der Waals surface area contributed by atoms with Gasteiger partial charge in [0.15, 0.2) is 0 Å². The van der Waals surface area contributed by atoms with E-state index in [1.54, 1.807) is 16.8 Å². The first-order valence-electron chi connectivity index (χ1n) is 9.27. The van der Waals surface area contributed by atoms with E-state index < -0.39 is 17.7 Å². The van der Waals surface area contributed by atoms with Crippen molar-refractivity contribution in [3.05, 3.63) is 35.4 Å². The molecule has 1 aliphatic heterocycles. The second kappa shape index (κ2) is 7.82. The lowest BCUT2D eigenvalue weighted by Gasteiger charge is -2.39.